The van der Waals surface area contributed by atoms with Gasteiger partial charge in [-0.15, -0.1) is 12.4 Å². The van der Waals surface area contributed by atoms with Gasteiger partial charge < -0.3 is 10.1 Å². The van der Waals surface area contributed by atoms with Gasteiger partial charge in [0.1, 0.15) is 5.75 Å². The molecule has 5 heteroatoms. The highest BCUT2D eigenvalue weighted by Gasteiger charge is 2.19. The molecule has 0 aliphatic carbocycles. The lowest BCUT2D eigenvalue weighted by atomic mass is 10.0. The van der Waals surface area contributed by atoms with Crippen molar-refractivity contribution in [1.29, 1.82) is 0 Å². The molecule has 0 radical (unpaired) electrons. The summed E-state index contributed by atoms with van der Waals surface area (Å²) in [7, 11) is 3.74. The van der Waals surface area contributed by atoms with Crippen molar-refractivity contribution in [1.82, 2.24) is 10.2 Å². The second-order valence-electron chi connectivity index (χ2n) is 4.76. The number of halogens is 2. The van der Waals surface area contributed by atoms with Crippen LogP contribution in [-0.2, 0) is 6.54 Å². The van der Waals surface area contributed by atoms with Crippen LogP contribution >= 0.6 is 24.0 Å². The van der Waals surface area contributed by atoms with Crippen LogP contribution in [0.4, 0.5) is 0 Å². The molecule has 1 N–H and O–H groups in total. The van der Waals surface area contributed by atoms with Gasteiger partial charge in [0.2, 0.25) is 0 Å². The van der Waals surface area contributed by atoms with Gasteiger partial charge in [-0.25, -0.2) is 0 Å². The average molecular weight is 305 g/mol. The van der Waals surface area contributed by atoms with Crippen molar-refractivity contribution in [2.24, 2.45) is 0 Å². The Balaban J connectivity index is 0.00000180. The Labute approximate surface area is 126 Å². The molecule has 0 spiro atoms. The van der Waals surface area contributed by atoms with Gasteiger partial charge in [-0.2, -0.15) is 0 Å². The second-order valence-corrected chi connectivity index (χ2v) is 5.17. The molecule has 0 atom stereocenters. The van der Waals surface area contributed by atoms with Crippen molar-refractivity contribution in [3.8, 4) is 5.75 Å². The van der Waals surface area contributed by atoms with Crippen molar-refractivity contribution < 1.29 is 4.74 Å². The smallest absolute Gasteiger partial charge is 0.124 e. The Bertz CT molecular complexity index is 393. The fourth-order valence-electron chi connectivity index (χ4n) is 2.49. The van der Waals surface area contributed by atoms with Crippen molar-refractivity contribution in [3.05, 3.63) is 28.8 Å². The summed E-state index contributed by atoms with van der Waals surface area (Å²) in [6, 6.07) is 6.49. The number of likely N-dealkylation sites (tertiary alicyclic amines) is 1. The molecule has 1 saturated heterocycles. The molecule has 108 valence electrons. The number of rotatable bonds is 4. The first kappa shape index (κ1) is 16.6. The van der Waals surface area contributed by atoms with Gasteiger partial charge in [-0.05, 0) is 45.1 Å². The van der Waals surface area contributed by atoms with E-state index in [9.17, 15) is 0 Å². The highest BCUT2D eigenvalue weighted by atomic mass is 35.5. The summed E-state index contributed by atoms with van der Waals surface area (Å²) in [6.07, 6.45) is 2.40. The molecule has 1 heterocycles. The van der Waals surface area contributed by atoms with Crippen LogP contribution < -0.4 is 10.1 Å². The maximum Gasteiger partial charge on any atom is 0.124 e. The first-order chi connectivity index (χ1) is 8.74. The number of hydrogen-bond donors (Lipinski definition) is 1. The minimum atomic E-state index is 0. The van der Waals surface area contributed by atoms with Crippen molar-refractivity contribution in [2.75, 3.05) is 27.2 Å². The fraction of sp³-hybridized carbons (Fsp3) is 0.571. The number of ether oxygens (including phenoxy) is 1. The van der Waals surface area contributed by atoms with E-state index in [1.807, 2.05) is 25.2 Å². The SMILES string of the molecule is CNC1CCN(Cc2c(Cl)cccc2OC)CC1.Cl. The van der Waals surface area contributed by atoms with Crippen LogP contribution in [0, 0.1) is 0 Å². The van der Waals surface area contributed by atoms with Crippen molar-refractivity contribution >= 4 is 24.0 Å². The Hall–Kier alpha value is -0.480. The number of nitrogens with one attached hydrogen (secondary N) is 1. The normalized spacial score (nSPS) is 17.0. The molecule has 0 unspecified atom stereocenters. The summed E-state index contributed by atoms with van der Waals surface area (Å²) >= 11 is 6.26. The summed E-state index contributed by atoms with van der Waals surface area (Å²) in [6.45, 7) is 3.10. The van der Waals surface area contributed by atoms with E-state index in [-0.39, 0.29) is 12.4 Å². The molecular weight excluding hydrogens is 283 g/mol. The maximum absolute atomic E-state index is 6.26. The summed E-state index contributed by atoms with van der Waals surface area (Å²) < 4.78 is 5.39. The minimum absolute atomic E-state index is 0. The number of piperidine rings is 1. The monoisotopic (exact) mass is 304 g/mol. The van der Waals surface area contributed by atoms with Crippen molar-refractivity contribution in [2.45, 2.75) is 25.4 Å². The summed E-state index contributed by atoms with van der Waals surface area (Å²) in [5.41, 5.74) is 1.10. The first-order valence-electron chi connectivity index (χ1n) is 6.45. The third-order valence-electron chi connectivity index (χ3n) is 3.67. The third kappa shape index (κ3) is 4.25. The molecule has 1 aliphatic heterocycles. The lowest BCUT2D eigenvalue weighted by molar-refractivity contribution is 0.192. The molecule has 0 aromatic heterocycles. The summed E-state index contributed by atoms with van der Waals surface area (Å²) in [4.78, 5) is 2.44. The Morgan fingerprint density at radius 1 is 1.37 bits per heavy atom. The zero-order valence-electron chi connectivity index (χ0n) is 11.5. The topological polar surface area (TPSA) is 24.5 Å². The quantitative estimate of drug-likeness (QED) is 0.925. The molecule has 2 rings (SSSR count). The van der Waals surface area contributed by atoms with E-state index < -0.39 is 0 Å². The van der Waals surface area contributed by atoms with Crippen LogP contribution in [0.15, 0.2) is 18.2 Å². The molecule has 0 amide bonds. The second kappa shape index (κ2) is 7.95. The van der Waals surface area contributed by atoms with Crippen LogP contribution in [0.3, 0.4) is 0 Å². The van der Waals surface area contributed by atoms with Gasteiger partial charge in [0.05, 0.1) is 7.11 Å². The molecule has 3 nitrogen and oxygen atoms in total. The molecule has 0 saturated carbocycles. The Morgan fingerprint density at radius 2 is 2.05 bits per heavy atom. The van der Waals surface area contributed by atoms with E-state index in [0.29, 0.717) is 6.04 Å². The zero-order valence-corrected chi connectivity index (χ0v) is 13.1. The number of methoxy groups -OCH3 is 1. The molecule has 1 aromatic rings. The predicted molar refractivity (Wildman–Crippen MR) is 82.6 cm³/mol. The third-order valence-corrected chi connectivity index (χ3v) is 4.03. The Morgan fingerprint density at radius 3 is 2.63 bits per heavy atom. The van der Waals surface area contributed by atoms with Gasteiger partial charge in [-0.1, -0.05) is 17.7 Å². The highest BCUT2D eigenvalue weighted by Crippen LogP contribution is 2.28. The van der Waals surface area contributed by atoms with Gasteiger partial charge in [0.25, 0.3) is 0 Å². The Kier molecular flexibility index (Phi) is 6.94. The van der Waals surface area contributed by atoms with E-state index in [4.69, 9.17) is 16.3 Å². The van der Waals surface area contributed by atoms with Crippen molar-refractivity contribution in [3.63, 3.8) is 0 Å². The molecule has 19 heavy (non-hydrogen) atoms. The fourth-order valence-corrected chi connectivity index (χ4v) is 2.71. The van der Waals surface area contributed by atoms with Crippen LogP contribution in [0.1, 0.15) is 18.4 Å². The lowest BCUT2D eigenvalue weighted by Crippen LogP contribution is -2.40. The first-order valence-corrected chi connectivity index (χ1v) is 6.83. The lowest BCUT2D eigenvalue weighted by Gasteiger charge is -2.32. The minimum Gasteiger partial charge on any atom is -0.496 e. The van der Waals surface area contributed by atoms with Crippen LogP contribution in [-0.4, -0.2) is 38.2 Å². The predicted octanol–water partition coefficient (Wildman–Crippen LogP) is 2.95. The van der Waals surface area contributed by atoms with Gasteiger partial charge in [0, 0.05) is 23.2 Å². The average Bonchev–Trinajstić information content (AvgIpc) is 2.42. The number of nitrogens with zero attached hydrogens (tertiary/aromatic N) is 1. The standard InChI is InChI=1S/C14H21ClN2O.ClH/c1-16-11-6-8-17(9-7-11)10-12-13(15)4-3-5-14(12)18-2;/h3-5,11,16H,6-10H2,1-2H3;1H. The zero-order chi connectivity index (χ0) is 13.0. The highest BCUT2D eigenvalue weighted by molar-refractivity contribution is 6.31. The van der Waals surface area contributed by atoms with E-state index in [1.54, 1.807) is 7.11 Å². The number of hydrogen-bond acceptors (Lipinski definition) is 3. The number of benzene rings is 1. The molecular formula is C14H22Cl2N2O. The van der Waals surface area contributed by atoms with E-state index in [2.05, 4.69) is 10.2 Å². The molecule has 1 aromatic carbocycles. The van der Waals surface area contributed by atoms with Gasteiger partial charge in [0.15, 0.2) is 0 Å². The summed E-state index contributed by atoms with van der Waals surface area (Å²) in [5, 5.41) is 4.14. The van der Waals surface area contributed by atoms with Crippen LogP contribution in [0.25, 0.3) is 0 Å². The van der Waals surface area contributed by atoms with E-state index in [1.165, 1.54) is 12.8 Å². The molecule has 1 aliphatic rings. The largest absolute Gasteiger partial charge is 0.496 e. The van der Waals surface area contributed by atoms with Crippen LogP contribution in [0.5, 0.6) is 5.75 Å². The molecule has 0 bridgehead atoms. The maximum atomic E-state index is 6.26. The molecule has 1 fully saturated rings. The van der Waals surface area contributed by atoms with E-state index in [0.717, 1.165) is 36.0 Å². The van der Waals surface area contributed by atoms with Gasteiger partial charge >= 0.3 is 0 Å². The van der Waals surface area contributed by atoms with Gasteiger partial charge in [-0.3, -0.25) is 4.90 Å². The summed E-state index contributed by atoms with van der Waals surface area (Å²) in [5.74, 6) is 0.887. The van der Waals surface area contributed by atoms with Crippen LogP contribution in [0.2, 0.25) is 5.02 Å². The van der Waals surface area contributed by atoms with E-state index >= 15 is 0 Å².